The lowest BCUT2D eigenvalue weighted by Gasteiger charge is -2.09. The molecule has 0 spiro atoms. The van der Waals surface area contributed by atoms with Gasteiger partial charge in [-0.25, -0.2) is 5.43 Å². The number of hydrogen-bond donors (Lipinski definition) is 1. The van der Waals surface area contributed by atoms with Crippen LogP contribution in [-0.4, -0.2) is 33.5 Å². The van der Waals surface area contributed by atoms with Crippen LogP contribution in [0.3, 0.4) is 0 Å². The van der Waals surface area contributed by atoms with Crippen LogP contribution < -0.4 is 19.6 Å². The molecule has 0 heterocycles. The van der Waals surface area contributed by atoms with Gasteiger partial charge in [-0.05, 0) is 30.3 Å². The minimum atomic E-state index is -0.331. The predicted molar refractivity (Wildman–Crippen MR) is 87.6 cm³/mol. The molecule has 0 bridgehead atoms. The summed E-state index contributed by atoms with van der Waals surface area (Å²) in [6.07, 6.45) is 1.50. The fourth-order valence-corrected chi connectivity index (χ4v) is 2.00. The molecule has 2 aromatic rings. The average Bonchev–Trinajstić information content (AvgIpc) is 2.61. The molecule has 0 aliphatic heterocycles. The van der Waals surface area contributed by atoms with E-state index in [1.54, 1.807) is 51.7 Å². The zero-order valence-corrected chi connectivity index (χ0v) is 13.2. The number of methoxy groups -OCH3 is 3. The van der Waals surface area contributed by atoms with E-state index in [-0.39, 0.29) is 5.91 Å². The smallest absolute Gasteiger partial charge is 0.271 e. The molecule has 0 saturated heterocycles. The summed E-state index contributed by atoms with van der Waals surface area (Å²) in [5.74, 6) is 1.42. The third-order valence-corrected chi connectivity index (χ3v) is 3.14. The molecule has 1 N–H and O–H groups in total. The van der Waals surface area contributed by atoms with Crippen molar-refractivity contribution in [3.05, 3.63) is 53.6 Å². The molecular formula is C17H18N2O4. The highest BCUT2D eigenvalue weighted by molar-refractivity contribution is 5.95. The van der Waals surface area contributed by atoms with E-state index in [2.05, 4.69) is 10.5 Å². The van der Waals surface area contributed by atoms with Crippen LogP contribution in [0.15, 0.2) is 47.6 Å². The van der Waals surface area contributed by atoms with E-state index in [1.165, 1.54) is 6.21 Å². The van der Waals surface area contributed by atoms with E-state index in [9.17, 15) is 4.79 Å². The fraction of sp³-hybridized carbons (Fsp3) is 0.176. The normalized spacial score (nSPS) is 10.4. The number of para-hydroxylation sites is 1. The van der Waals surface area contributed by atoms with Gasteiger partial charge >= 0.3 is 0 Å². The summed E-state index contributed by atoms with van der Waals surface area (Å²) in [7, 11) is 4.65. The lowest BCUT2D eigenvalue weighted by molar-refractivity contribution is 0.0955. The van der Waals surface area contributed by atoms with Crippen molar-refractivity contribution in [2.24, 2.45) is 5.10 Å². The number of hydrogen-bond acceptors (Lipinski definition) is 5. The van der Waals surface area contributed by atoms with Gasteiger partial charge in [0, 0.05) is 11.1 Å². The zero-order chi connectivity index (χ0) is 16.7. The van der Waals surface area contributed by atoms with Crippen molar-refractivity contribution < 1.29 is 19.0 Å². The molecule has 0 saturated carbocycles. The van der Waals surface area contributed by atoms with Gasteiger partial charge in [-0.15, -0.1) is 0 Å². The quantitative estimate of drug-likeness (QED) is 0.657. The molecule has 0 aliphatic rings. The van der Waals surface area contributed by atoms with Gasteiger partial charge in [-0.2, -0.15) is 5.10 Å². The predicted octanol–water partition coefficient (Wildman–Crippen LogP) is 2.48. The summed E-state index contributed by atoms with van der Waals surface area (Å²) in [4.78, 5) is 12.0. The number of hydrazone groups is 1. The van der Waals surface area contributed by atoms with Crippen LogP contribution in [0.5, 0.6) is 17.2 Å². The highest BCUT2D eigenvalue weighted by atomic mass is 16.5. The molecule has 23 heavy (non-hydrogen) atoms. The summed E-state index contributed by atoms with van der Waals surface area (Å²) in [6.45, 7) is 0. The number of carbonyl (C=O) groups excluding carboxylic acids is 1. The Balaban J connectivity index is 2.11. The first kappa shape index (κ1) is 16.4. The second kappa shape index (κ2) is 7.84. The van der Waals surface area contributed by atoms with Crippen LogP contribution in [0.1, 0.15) is 15.9 Å². The number of rotatable bonds is 6. The van der Waals surface area contributed by atoms with E-state index >= 15 is 0 Å². The van der Waals surface area contributed by atoms with Crippen molar-refractivity contribution in [1.29, 1.82) is 0 Å². The Labute approximate surface area is 134 Å². The molecule has 0 aromatic heterocycles. The van der Waals surface area contributed by atoms with E-state index in [0.29, 0.717) is 28.4 Å². The Morgan fingerprint density at radius 1 is 1.04 bits per heavy atom. The Morgan fingerprint density at radius 3 is 2.52 bits per heavy atom. The highest BCUT2D eigenvalue weighted by Crippen LogP contribution is 2.29. The first-order valence-electron chi connectivity index (χ1n) is 6.88. The standard InChI is InChI=1S/C17H18N2O4/c1-21-14-8-4-6-12(10-14)17(20)19-18-11-13-7-5-9-15(22-2)16(13)23-3/h4-11H,1-3H3,(H,19,20)/b18-11+. The van der Waals surface area contributed by atoms with Crippen LogP contribution in [0.25, 0.3) is 0 Å². The number of amides is 1. The first-order valence-corrected chi connectivity index (χ1v) is 6.88. The summed E-state index contributed by atoms with van der Waals surface area (Å²) < 4.78 is 15.6. The molecule has 0 radical (unpaired) electrons. The van der Waals surface area contributed by atoms with Crippen molar-refractivity contribution in [3.8, 4) is 17.2 Å². The Hall–Kier alpha value is -3.02. The number of benzene rings is 2. The van der Waals surface area contributed by atoms with Gasteiger partial charge in [-0.3, -0.25) is 4.79 Å². The zero-order valence-electron chi connectivity index (χ0n) is 13.2. The Bertz CT molecular complexity index is 713. The Morgan fingerprint density at radius 2 is 1.83 bits per heavy atom. The molecule has 0 aliphatic carbocycles. The largest absolute Gasteiger partial charge is 0.497 e. The van der Waals surface area contributed by atoms with Gasteiger partial charge in [0.15, 0.2) is 11.5 Å². The SMILES string of the molecule is COc1cccc(C(=O)N/N=C/c2cccc(OC)c2OC)c1. The van der Waals surface area contributed by atoms with Crippen LogP contribution in [0.4, 0.5) is 0 Å². The van der Waals surface area contributed by atoms with Crippen molar-refractivity contribution in [3.63, 3.8) is 0 Å². The maximum atomic E-state index is 12.0. The van der Waals surface area contributed by atoms with Crippen molar-refractivity contribution >= 4 is 12.1 Å². The summed E-state index contributed by atoms with van der Waals surface area (Å²) in [5.41, 5.74) is 3.62. The summed E-state index contributed by atoms with van der Waals surface area (Å²) in [5, 5.41) is 3.96. The second-order valence-electron chi connectivity index (χ2n) is 4.51. The van der Waals surface area contributed by atoms with Gasteiger partial charge in [0.1, 0.15) is 5.75 Å². The maximum absolute atomic E-state index is 12.0. The molecule has 2 rings (SSSR count). The van der Waals surface area contributed by atoms with Gasteiger partial charge in [0.25, 0.3) is 5.91 Å². The van der Waals surface area contributed by atoms with E-state index in [4.69, 9.17) is 14.2 Å². The highest BCUT2D eigenvalue weighted by Gasteiger charge is 2.08. The molecule has 120 valence electrons. The molecule has 0 atom stereocenters. The van der Waals surface area contributed by atoms with Gasteiger partial charge in [0.05, 0.1) is 27.5 Å². The fourth-order valence-electron chi connectivity index (χ4n) is 2.00. The maximum Gasteiger partial charge on any atom is 0.271 e. The van der Waals surface area contributed by atoms with Crippen LogP contribution in [-0.2, 0) is 0 Å². The third-order valence-electron chi connectivity index (χ3n) is 3.14. The number of nitrogens with one attached hydrogen (secondary N) is 1. The molecule has 6 heteroatoms. The second-order valence-corrected chi connectivity index (χ2v) is 4.51. The number of ether oxygens (including phenoxy) is 3. The summed E-state index contributed by atoms with van der Waals surface area (Å²) in [6, 6.07) is 12.2. The molecule has 0 unspecified atom stereocenters. The van der Waals surface area contributed by atoms with Gasteiger partial charge in [0.2, 0.25) is 0 Å². The van der Waals surface area contributed by atoms with Gasteiger partial charge < -0.3 is 14.2 Å². The van der Waals surface area contributed by atoms with E-state index < -0.39 is 0 Å². The monoisotopic (exact) mass is 314 g/mol. The molecule has 0 fully saturated rings. The Kier molecular flexibility index (Phi) is 5.57. The molecule has 1 amide bonds. The van der Waals surface area contributed by atoms with Crippen molar-refractivity contribution in [2.75, 3.05) is 21.3 Å². The third kappa shape index (κ3) is 4.00. The topological polar surface area (TPSA) is 69.2 Å². The first-order chi connectivity index (χ1) is 11.2. The average molecular weight is 314 g/mol. The van der Waals surface area contributed by atoms with Crippen molar-refractivity contribution in [2.45, 2.75) is 0 Å². The lowest BCUT2D eigenvalue weighted by atomic mass is 10.2. The van der Waals surface area contributed by atoms with Crippen LogP contribution in [0.2, 0.25) is 0 Å². The lowest BCUT2D eigenvalue weighted by Crippen LogP contribution is -2.17. The minimum absolute atomic E-state index is 0.331. The van der Waals surface area contributed by atoms with E-state index in [1.807, 2.05) is 12.1 Å². The number of carbonyl (C=O) groups is 1. The van der Waals surface area contributed by atoms with E-state index in [0.717, 1.165) is 0 Å². The van der Waals surface area contributed by atoms with Crippen LogP contribution >= 0.6 is 0 Å². The summed E-state index contributed by atoms with van der Waals surface area (Å²) >= 11 is 0. The van der Waals surface area contributed by atoms with Crippen molar-refractivity contribution in [1.82, 2.24) is 5.43 Å². The number of nitrogens with zero attached hydrogens (tertiary/aromatic N) is 1. The molecule has 2 aromatic carbocycles. The van der Waals surface area contributed by atoms with Crippen LogP contribution in [0, 0.1) is 0 Å². The van der Waals surface area contributed by atoms with Gasteiger partial charge in [-0.1, -0.05) is 12.1 Å². The molecular weight excluding hydrogens is 296 g/mol. The minimum Gasteiger partial charge on any atom is -0.497 e. The molecule has 6 nitrogen and oxygen atoms in total.